The van der Waals surface area contributed by atoms with Crippen LogP contribution in [0.4, 0.5) is 0 Å². The maximum atomic E-state index is 12.0. The summed E-state index contributed by atoms with van der Waals surface area (Å²) in [5.74, 6) is -0.395. The van der Waals surface area contributed by atoms with Crippen molar-refractivity contribution in [1.29, 1.82) is 0 Å². The van der Waals surface area contributed by atoms with Crippen molar-refractivity contribution in [1.82, 2.24) is 10.4 Å². The second-order valence-corrected chi connectivity index (χ2v) is 6.47. The van der Waals surface area contributed by atoms with E-state index in [2.05, 4.69) is 0 Å². The molecule has 1 fully saturated rings. The van der Waals surface area contributed by atoms with E-state index < -0.39 is 16.7 Å². The third kappa shape index (κ3) is 4.64. The van der Waals surface area contributed by atoms with E-state index >= 15 is 0 Å². The number of carbonyl (C=O) groups excluding carboxylic acids is 2. The second-order valence-electron chi connectivity index (χ2n) is 4.84. The topological polar surface area (TPSA) is 105 Å². The van der Waals surface area contributed by atoms with Gasteiger partial charge >= 0.3 is 0 Å². The minimum atomic E-state index is -0.889. The van der Waals surface area contributed by atoms with Crippen molar-refractivity contribution >= 4 is 23.6 Å². The zero-order valence-corrected chi connectivity index (χ0v) is 12.0. The van der Waals surface area contributed by atoms with Crippen LogP contribution in [0.25, 0.3) is 0 Å². The Hall–Kier alpha value is -0.830. The quantitative estimate of drug-likeness (QED) is 0.452. The molecule has 8 heteroatoms. The number of ether oxygens (including phenoxy) is 1. The molecule has 0 aromatic rings. The number of amides is 2. The van der Waals surface area contributed by atoms with Crippen molar-refractivity contribution in [3.8, 4) is 0 Å². The molecule has 0 unspecified atom stereocenters. The molecule has 0 aromatic carbocycles. The normalized spacial score (nSPS) is 18.0. The van der Waals surface area contributed by atoms with E-state index in [-0.39, 0.29) is 11.7 Å². The molecule has 1 rings (SSSR count). The molecule has 0 bridgehead atoms. The molecule has 1 heterocycles. The first-order valence-corrected chi connectivity index (χ1v) is 7.06. The van der Waals surface area contributed by atoms with Gasteiger partial charge in [0, 0.05) is 17.8 Å². The number of hydrogen-bond donors (Lipinski definition) is 3. The van der Waals surface area contributed by atoms with Crippen LogP contribution in [0.5, 0.6) is 0 Å². The third-order valence-corrected chi connectivity index (χ3v) is 4.46. The second kappa shape index (κ2) is 7.09. The Balaban J connectivity index is 2.45. The molecule has 1 atom stereocenters. The summed E-state index contributed by atoms with van der Waals surface area (Å²) in [6, 6.07) is -0.889. The highest BCUT2D eigenvalue weighted by Gasteiger charge is 2.33. The van der Waals surface area contributed by atoms with Crippen molar-refractivity contribution < 1.29 is 19.5 Å². The van der Waals surface area contributed by atoms with Crippen LogP contribution in [0.1, 0.15) is 13.8 Å². The van der Waals surface area contributed by atoms with E-state index in [4.69, 9.17) is 15.7 Å². The van der Waals surface area contributed by atoms with Gasteiger partial charge in [0.15, 0.2) is 0 Å². The Morgan fingerprint density at radius 1 is 1.47 bits per heavy atom. The first kappa shape index (κ1) is 16.2. The van der Waals surface area contributed by atoms with Gasteiger partial charge in [0.2, 0.25) is 5.91 Å². The van der Waals surface area contributed by atoms with Gasteiger partial charge in [0.1, 0.15) is 6.04 Å². The molecule has 2 amide bonds. The Morgan fingerprint density at radius 3 is 2.58 bits per heavy atom. The fourth-order valence-corrected chi connectivity index (χ4v) is 2.59. The maximum absolute atomic E-state index is 12.0. The number of rotatable bonds is 5. The lowest BCUT2D eigenvalue weighted by Crippen LogP contribution is -2.52. The van der Waals surface area contributed by atoms with Crippen LogP contribution in [0.3, 0.4) is 0 Å². The van der Waals surface area contributed by atoms with Gasteiger partial charge in [-0.2, -0.15) is 0 Å². The van der Waals surface area contributed by atoms with Crippen molar-refractivity contribution in [2.75, 3.05) is 32.1 Å². The number of nitrogens with zero attached hydrogens (tertiary/aromatic N) is 1. The number of morpholine rings is 1. The lowest BCUT2D eigenvalue weighted by Gasteiger charge is -2.31. The van der Waals surface area contributed by atoms with E-state index in [1.165, 1.54) is 17.2 Å². The van der Waals surface area contributed by atoms with Gasteiger partial charge in [0.05, 0.1) is 19.0 Å². The van der Waals surface area contributed by atoms with Gasteiger partial charge in [-0.25, -0.2) is 5.48 Å². The Kier molecular flexibility index (Phi) is 6.05. The van der Waals surface area contributed by atoms with Crippen LogP contribution in [0.2, 0.25) is 0 Å². The Labute approximate surface area is 116 Å². The molecular weight excluding hydrogens is 270 g/mol. The van der Waals surface area contributed by atoms with Gasteiger partial charge in [-0.15, -0.1) is 11.8 Å². The van der Waals surface area contributed by atoms with E-state index in [0.29, 0.717) is 26.3 Å². The smallest absolute Gasteiger partial charge is 0.261 e. The highest BCUT2D eigenvalue weighted by atomic mass is 32.2. The fraction of sp³-hybridized carbons (Fsp3) is 0.818. The largest absolute Gasteiger partial charge is 0.378 e. The van der Waals surface area contributed by atoms with Gasteiger partial charge in [-0.3, -0.25) is 14.8 Å². The molecule has 4 N–H and O–H groups in total. The lowest BCUT2D eigenvalue weighted by atomic mass is 10.0. The number of nitrogens with one attached hydrogen (secondary N) is 1. The number of hydrogen-bond acceptors (Lipinski definition) is 6. The van der Waals surface area contributed by atoms with Gasteiger partial charge in [-0.05, 0) is 13.8 Å². The summed E-state index contributed by atoms with van der Waals surface area (Å²) in [7, 11) is 0. The summed E-state index contributed by atoms with van der Waals surface area (Å²) < 4.78 is 4.53. The number of carbonyl (C=O) groups is 2. The van der Waals surface area contributed by atoms with Crippen molar-refractivity contribution in [3.63, 3.8) is 0 Å². The predicted octanol–water partition coefficient (Wildman–Crippen LogP) is -0.810. The molecule has 0 saturated carbocycles. The summed E-state index contributed by atoms with van der Waals surface area (Å²) in [4.78, 5) is 25.0. The average Bonchev–Trinajstić information content (AvgIpc) is 2.44. The first-order chi connectivity index (χ1) is 8.88. The zero-order chi connectivity index (χ0) is 14.5. The molecule has 1 saturated heterocycles. The summed E-state index contributed by atoms with van der Waals surface area (Å²) in [6.45, 7) is 5.86. The van der Waals surface area contributed by atoms with E-state index in [0.717, 1.165) is 0 Å². The van der Waals surface area contributed by atoms with Crippen LogP contribution < -0.4 is 11.2 Å². The molecule has 0 aromatic heterocycles. The van der Waals surface area contributed by atoms with E-state index in [1.54, 1.807) is 18.7 Å². The van der Waals surface area contributed by atoms with E-state index in [9.17, 15) is 9.59 Å². The monoisotopic (exact) mass is 291 g/mol. The number of thioether (sulfide) groups is 1. The molecule has 7 nitrogen and oxygen atoms in total. The lowest BCUT2D eigenvalue weighted by molar-refractivity contribution is -0.132. The predicted molar refractivity (Wildman–Crippen MR) is 71.8 cm³/mol. The van der Waals surface area contributed by atoms with Crippen LogP contribution in [-0.4, -0.2) is 64.8 Å². The number of nitrogens with two attached hydrogens (primary N) is 1. The van der Waals surface area contributed by atoms with E-state index in [1.807, 2.05) is 0 Å². The highest BCUT2D eigenvalue weighted by Crippen LogP contribution is 2.27. The summed E-state index contributed by atoms with van der Waals surface area (Å²) in [6.07, 6.45) is 0. The summed E-state index contributed by atoms with van der Waals surface area (Å²) in [5.41, 5.74) is 7.27. The first-order valence-electron chi connectivity index (χ1n) is 6.07. The number of hydroxylamine groups is 1. The van der Waals surface area contributed by atoms with Crippen LogP contribution in [0.15, 0.2) is 0 Å². The standard InChI is InChI=1S/C11H21N3O4S/c1-11(2,9(12)10(16)13-17)19-7-8(15)14-3-5-18-6-4-14/h9,17H,3-7,12H2,1-2H3,(H,13,16)/t9-/m0/s1. The van der Waals surface area contributed by atoms with Gasteiger partial charge in [-0.1, -0.05) is 0 Å². The highest BCUT2D eigenvalue weighted by molar-refractivity contribution is 8.01. The van der Waals surface area contributed by atoms with Gasteiger partial charge < -0.3 is 15.4 Å². The minimum absolute atomic E-state index is 0.0120. The summed E-state index contributed by atoms with van der Waals surface area (Å²) >= 11 is 1.30. The molecule has 0 aliphatic carbocycles. The summed E-state index contributed by atoms with van der Waals surface area (Å²) in [5, 5.41) is 8.57. The third-order valence-electron chi connectivity index (χ3n) is 3.07. The molecule has 1 aliphatic heterocycles. The molecule has 1 aliphatic rings. The van der Waals surface area contributed by atoms with Crippen molar-refractivity contribution in [3.05, 3.63) is 0 Å². The van der Waals surface area contributed by atoms with Crippen molar-refractivity contribution in [2.45, 2.75) is 24.6 Å². The maximum Gasteiger partial charge on any atom is 0.261 e. The zero-order valence-electron chi connectivity index (χ0n) is 11.2. The Morgan fingerprint density at radius 2 is 2.05 bits per heavy atom. The SMILES string of the molecule is CC(C)(SCC(=O)N1CCOCC1)[C@@H](N)C(=O)NO. The Bertz CT molecular complexity index is 332. The van der Waals surface area contributed by atoms with Crippen LogP contribution in [0, 0.1) is 0 Å². The van der Waals surface area contributed by atoms with Crippen LogP contribution >= 0.6 is 11.8 Å². The molecule has 0 spiro atoms. The van der Waals surface area contributed by atoms with Crippen LogP contribution in [-0.2, 0) is 14.3 Å². The minimum Gasteiger partial charge on any atom is -0.378 e. The fourth-order valence-electron chi connectivity index (χ4n) is 1.63. The van der Waals surface area contributed by atoms with Crippen molar-refractivity contribution in [2.24, 2.45) is 5.73 Å². The average molecular weight is 291 g/mol. The molecule has 0 radical (unpaired) electrons. The molecule has 110 valence electrons. The molecular formula is C11H21N3O4S. The van der Waals surface area contributed by atoms with Gasteiger partial charge in [0.25, 0.3) is 5.91 Å². The molecule has 19 heavy (non-hydrogen) atoms.